The Kier molecular flexibility index (Phi) is 4.04. The molecule has 9 heteroatoms. The molecule has 0 fully saturated rings. The molecule has 0 radical (unpaired) electrons. The number of aromatic amines is 1. The lowest BCUT2D eigenvalue weighted by atomic mass is 10.0. The summed E-state index contributed by atoms with van der Waals surface area (Å²) < 4.78 is 1.87. The Hall–Kier alpha value is -2.26. The first-order chi connectivity index (χ1) is 12.0. The second-order valence-electron chi connectivity index (χ2n) is 5.67. The highest BCUT2D eigenvalue weighted by Gasteiger charge is 2.24. The molecule has 0 bridgehead atoms. The van der Waals surface area contributed by atoms with Crippen molar-refractivity contribution in [2.45, 2.75) is 12.5 Å². The molecular weight excluding hydrogens is 454 g/mol. The van der Waals surface area contributed by atoms with Gasteiger partial charge in [0.1, 0.15) is 5.71 Å². The summed E-state index contributed by atoms with van der Waals surface area (Å²) in [7, 11) is 0. The van der Waals surface area contributed by atoms with Crippen LogP contribution < -0.4 is 5.43 Å². The molecule has 0 aliphatic carbocycles. The third-order valence-corrected chi connectivity index (χ3v) is 5.88. The van der Waals surface area contributed by atoms with Gasteiger partial charge in [0, 0.05) is 27.5 Å². The summed E-state index contributed by atoms with van der Waals surface area (Å²) in [6.07, 6.45) is 0.601. The monoisotopic (exact) mass is 463 g/mol. The highest BCUT2D eigenvalue weighted by atomic mass is 79.9. The lowest BCUT2D eigenvalue weighted by Crippen LogP contribution is -2.10. The zero-order valence-corrected chi connectivity index (χ0v) is 15.8. The van der Waals surface area contributed by atoms with Gasteiger partial charge < -0.3 is 10.4 Å². The summed E-state index contributed by atoms with van der Waals surface area (Å²) in [5, 5.41) is 15.3. The average molecular weight is 465 g/mol. The maximum absolute atomic E-state index is 10.9. The van der Waals surface area contributed by atoms with E-state index in [1.165, 1.54) is 6.07 Å². The van der Waals surface area contributed by atoms with Crippen LogP contribution in [0.25, 0.3) is 11.0 Å². The number of hydrazone groups is 1. The molecular formula is C16H11Br2N5O2. The Morgan fingerprint density at radius 3 is 2.80 bits per heavy atom. The molecule has 1 aliphatic rings. The Labute approximate surface area is 158 Å². The third-order valence-electron chi connectivity index (χ3n) is 4.03. The molecule has 0 unspecified atom stereocenters. The largest absolute Gasteiger partial charge is 0.337 e. The summed E-state index contributed by atoms with van der Waals surface area (Å²) in [4.78, 5) is 18.4. The normalized spacial score (nSPS) is 16.7. The SMILES string of the molecule is O=[N+]([O-])c1cccc([C@H]2CC(c3nc4cc(Br)c(Br)cc4[nH]3)=NN2)c1. The molecule has 0 amide bonds. The molecule has 2 heterocycles. The summed E-state index contributed by atoms with van der Waals surface area (Å²) >= 11 is 6.94. The molecule has 0 saturated carbocycles. The van der Waals surface area contributed by atoms with E-state index in [-0.39, 0.29) is 11.7 Å². The lowest BCUT2D eigenvalue weighted by Gasteiger charge is -2.09. The van der Waals surface area contributed by atoms with E-state index in [0.717, 1.165) is 31.3 Å². The smallest absolute Gasteiger partial charge is 0.269 e. The number of H-pyrrole nitrogens is 1. The molecule has 1 aliphatic heterocycles. The van der Waals surface area contributed by atoms with Crippen LogP contribution in [0, 0.1) is 10.1 Å². The lowest BCUT2D eigenvalue weighted by molar-refractivity contribution is -0.384. The average Bonchev–Trinajstić information content (AvgIpc) is 3.22. The maximum Gasteiger partial charge on any atom is 0.269 e. The van der Waals surface area contributed by atoms with Gasteiger partial charge in [-0.15, -0.1) is 0 Å². The van der Waals surface area contributed by atoms with Crippen LogP contribution in [-0.2, 0) is 0 Å². The van der Waals surface area contributed by atoms with Crippen LogP contribution in [0.2, 0.25) is 0 Å². The van der Waals surface area contributed by atoms with Crippen LogP contribution in [0.15, 0.2) is 50.4 Å². The molecule has 2 aromatic carbocycles. The second-order valence-corrected chi connectivity index (χ2v) is 7.37. The number of nitro benzene ring substituents is 1. The number of hydrogen-bond donors (Lipinski definition) is 2. The zero-order valence-electron chi connectivity index (χ0n) is 12.7. The summed E-state index contributed by atoms with van der Waals surface area (Å²) in [6, 6.07) is 10.4. The number of nitrogens with one attached hydrogen (secondary N) is 2. The van der Waals surface area contributed by atoms with Crippen LogP contribution in [0.3, 0.4) is 0 Å². The van der Waals surface area contributed by atoms with Crippen molar-refractivity contribution < 1.29 is 4.92 Å². The molecule has 3 aromatic rings. The van der Waals surface area contributed by atoms with Gasteiger partial charge in [0.15, 0.2) is 5.82 Å². The van der Waals surface area contributed by atoms with E-state index >= 15 is 0 Å². The molecule has 2 N–H and O–H groups in total. The van der Waals surface area contributed by atoms with Gasteiger partial charge in [0.25, 0.3) is 5.69 Å². The molecule has 1 aromatic heterocycles. The van der Waals surface area contributed by atoms with Gasteiger partial charge in [0.2, 0.25) is 0 Å². The van der Waals surface area contributed by atoms with Crippen LogP contribution in [0.4, 0.5) is 5.69 Å². The number of non-ortho nitro benzene ring substituents is 1. The van der Waals surface area contributed by atoms with Gasteiger partial charge >= 0.3 is 0 Å². The first-order valence-corrected chi connectivity index (χ1v) is 9.01. The van der Waals surface area contributed by atoms with Gasteiger partial charge in [-0.25, -0.2) is 4.98 Å². The Balaban J connectivity index is 1.60. The van der Waals surface area contributed by atoms with E-state index < -0.39 is 4.92 Å². The van der Waals surface area contributed by atoms with Crippen molar-refractivity contribution in [3.05, 3.63) is 66.8 Å². The predicted octanol–water partition coefficient (Wildman–Crippen LogP) is 4.43. The number of nitro groups is 1. The fourth-order valence-corrected chi connectivity index (χ4v) is 3.45. The van der Waals surface area contributed by atoms with Crippen molar-refractivity contribution in [1.82, 2.24) is 15.4 Å². The minimum absolute atomic E-state index is 0.0752. The van der Waals surface area contributed by atoms with Gasteiger partial charge in [-0.2, -0.15) is 5.10 Å². The highest BCUT2D eigenvalue weighted by Crippen LogP contribution is 2.30. The minimum Gasteiger partial charge on any atom is -0.337 e. The van der Waals surface area contributed by atoms with Crippen LogP contribution in [-0.4, -0.2) is 20.6 Å². The zero-order chi connectivity index (χ0) is 17.6. The summed E-state index contributed by atoms with van der Waals surface area (Å²) in [6.45, 7) is 0. The number of aromatic nitrogens is 2. The molecule has 1 atom stereocenters. The first kappa shape index (κ1) is 16.2. The van der Waals surface area contributed by atoms with Crippen molar-refractivity contribution in [2.24, 2.45) is 5.10 Å². The van der Waals surface area contributed by atoms with E-state index in [4.69, 9.17) is 0 Å². The number of nitrogens with zero attached hydrogens (tertiary/aromatic N) is 3. The van der Waals surface area contributed by atoms with E-state index in [0.29, 0.717) is 12.2 Å². The van der Waals surface area contributed by atoms with Crippen LogP contribution in [0.1, 0.15) is 23.9 Å². The molecule has 0 saturated heterocycles. The fraction of sp³-hybridized carbons (Fsp3) is 0.125. The summed E-state index contributed by atoms with van der Waals surface area (Å²) in [5.41, 5.74) is 6.48. The van der Waals surface area contributed by atoms with Crippen LogP contribution in [0.5, 0.6) is 0 Å². The second kappa shape index (κ2) is 6.23. The van der Waals surface area contributed by atoms with E-state index in [9.17, 15) is 10.1 Å². The summed E-state index contributed by atoms with van der Waals surface area (Å²) in [5.74, 6) is 0.695. The highest BCUT2D eigenvalue weighted by molar-refractivity contribution is 9.13. The minimum atomic E-state index is -0.394. The van der Waals surface area contributed by atoms with Gasteiger partial charge in [0.05, 0.1) is 22.0 Å². The van der Waals surface area contributed by atoms with Crippen LogP contribution >= 0.6 is 31.9 Å². The van der Waals surface area contributed by atoms with Gasteiger partial charge in [-0.1, -0.05) is 12.1 Å². The van der Waals surface area contributed by atoms with Crippen molar-refractivity contribution in [3.8, 4) is 0 Å². The number of fused-ring (bicyclic) bond motifs is 1. The van der Waals surface area contributed by atoms with Crippen molar-refractivity contribution in [2.75, 3.05) is 0 Å². The predicted molar refractivity (Wildman–Crippen MR) is 102 cm³/mol. The maximum atomic E-state index is 10.9. The van der Waals surface area contributed by atoms with E-state index in [1.54, 1.807) is 12.1 Å². The quantitative estimate of drug-likeness (QED) is 0.442. The number of rotatable bonds is 3. The van der Waals surface area contributed by atoms with Crippen molar-refractivity contribution in [1.29, 1.82) is 0 Å². The Bertz CT molecular complexity index is 992. The molecule has 126 valence electrons. The Morgan fingerprint density at radius 1 is 1.20 bits per heavy atom. The number of benzene rings is 2. The molecule has 0 spiro atoms. The third kappa shape index (κ3) is 3.05. The van der Waals surface area contributed by atoms with Crippen molar-refractivity contribution >= 4 is 54.3 Å². The van der Waals surface area contributed by atoms with Gasteiger partial charge in [-0.05, 0) is 49.6 Å². The fourth-order valence-electron chi connectivity index (χ4n) is 2.78. The Morgan fingerprint density at radius 2 is 2.00 bits per heavy atom. The van der Waals surface area contributed by atoms with E-state index in [2.05, 4.69) is 52.4 Å². The topological polar surface area (TPSA) is 96.2 Å². The molecule has 25 heavy (non-hydrogen) atoms. The molecule has 4 rings (SSSR count). The molecule has 7 nitrogen and oxygen atoms in total. The number of hydrogen-bond acceptors (Lipinski definition) is 5. The van der Waals surface area contributed by atoms with E-state index in [1.807, 2.05) is 18.2 Å². The standard InChI is InChI=1S/C16H11Br2N5O2/c17-10-5-13-14(6-11(10)18)20-16(19-13)15-7-12(21-22-15)8-2-1-3-9(4-8)23(24)25/h1-6,12,21H,7H2,(H,19,20)/t12-/m1/s1. The van der Waals surface area contributed by atoms with Gasteiger partial charge in [-0.3, -0.25) is 10.1 Å². The number of halogens is 2. The number of imidazole rings is 1. The first-order valence-electron chi connectivity index (χ1n) is 7.43. The van der Waals surface area contributed by atoms with Crippen molar-refractivity contribution in [3.63, 3.8) is 0 Å².